The van der Waals surface area contributed by atoms with Crippen molar-refractivity contribution in [2.75, 3.05) is 66.1 Å². The van der Waals surface area contributed by atoms with Gasteiger partial charge in [-0.15, -0.1) is 0 Å². The third kappa shape index (κ3) is 6.99. The second kappa shape index (κ2) is 11.9. The van der Waals surface area contributed by atoms with Crippen LogP contribution in [0.3, 0.4) is 0 Å². The largest absolute Gasteiger partial charge is 0.383 e. The highest BCUT2D eigenvalue weighted by Gasteiger charge is 2.27. The third-order valence-corrected chi connectivity index (χ3v) is 7.78. The Morgan fingerprint density at radius 2 is 1.64 bits per heavy atom. The van der Waals surface area contributed by atoms with Gasteiger partial charge in [-0.25, -0.2) is 13.1 Å². The summed E-state index contributed by atoms with van der Waals surface area (Å²) in [6, 6.07) is 4.61. The molecule has 0 saturated carbocycles. The number of methoxy groups -OCH3 is 1. The van der Waals surface area contributed by atoms with E-state index in [1.807, 2.05) is 4.90 Å². The molecule has 2 fully saturated rings. The van der Waals surface area contributed by atoms with Crippen LogP contribution in [0.1, 0.15) is 41.6 Å². The number of nitrogens with zero attached hydrogens (tertiary/aromatic N) is 3. The van der Waals surface area contributed by atoms with E-state index in [-0.39, 0.29) is 29.9 Å². The highest BCUT2D eigenvalue weighted by Crippen LogP contribution is 2.19. The van der Waals surface area contributed by atoms with Crippen molar-refractivity contribution in [3.63, 3.8) is 0 Å². The van der Waals surface area contributed by atoms with Gasteiger partial charge in [0.25, 0.3) is 5.91 Å². The van der Waals surface area contributed by atoms with Gasteiger partial charge >= 0.3 is 0 Å². The van der Waals surface area contributed by atoms with E-state index in [4.69, 9.17) is 4.74 Å². The van der Waals surface area contributed by atoms with Crippen LogP contribution in [-0.4, -0.2) is 101 Å². The molecule has 0 bridgehead atoms. The molecule has 1 aromatic carbocycles. The smallest absolute Gasteiger partial charge is 0.254 e. The van der Waals surface area contributed by atoms with Crippen molar-refractivity contribution in [1.29, 1.82) is 0 Å². The molecule has 0 spiro atoms. The maximum absolute atomic E-state index is 13.2. The Morgan fingerprint density at radius 3 is 2.27 bits per heavy atom. The number of likely N-dealkylation sites (tertiary alicyclic amines) is 1. The van der Waals surface area contributed by atoms with Crippen molar-refractivity contribution in [2.45, 2.75) is 37.5 Å². The number of hydrogen-bond donors (Lipinski definition) is 1. The maximum Gasteiger partial charge on any atom is 0.254 e. The van der Waals surface area contributed by atoms with E-state index in [1.54, 1.807) is 17.9 Å². The van der Waals surface area contributed by atoms with Gasteiger partial charge in [-0.3, -0.25) is 14.5 Å². The van der Waals surface area contributed by atoms with Crippen LogP contribution in [0.4, 0.5) is 0 Å². The number of ether oxygens (including phenoxy) is 1. The Hall–Kier alpha value is -2.01. The summed E-state index contributed by atoms with van der Waals surface area (Å²) in [6.45, 7) is 6.58. The van der Waals surface area contributed by atoms with Crippen molar-refractivity contribution in [1.82, 2.24) is 19.4 Å². The van der Waals surface area contributed by atoms with Crippen molar-refractivity contribution >= 4 is 21.8 Å². The second-order valence-electron chi connectivity index (χ2n) is 8.73. The summed E-state index contributed by atoms with van der Waals surface area (Å²) in [5, 5.41) is 0. The first kappa shape index (κ1) is 25.6. The Kier molecular flexibility index (Phi) is 9.25. The number of hydrogen-bond acceptors (Lipinski definition) is 6. The molecule has 0 unspecified atom stereocenters. The first-order chi connectivity index (χ1) is 15.8. The number of aryl methyl sites for hydroxylation is 1. The van der Waals surface area contributed by atoms with E-state index in [2.05, 4.69) is 9.62 Å². The zero-order valence-electron chi connectivity index (χ0n) is 19.7. The van der Waals surface area contributed by atoms with Crippen molar-refractivity contribution in [3.05, 3.63) is 29.3 Å². The first-order valence-corrected chi connectivity index (χ1v) is 13.2. The first-order valence-electron chi connectivity index (χ1n) is 11.7. The van der Waals surface area contributed by atoms with Crippen LogP contribution in [0.2, 0.25) is 0 Å². The summed E-state index contributed by atoms with van der Waals surface area (Å²) in [5.41, 5.74) is 1.12. The highest BCUT2D eigenvalue weighted by atomic mass is 32.2. The lowest BCUT2D eigenvalue weighted by atomic mass is 10.1. The van der Waals surface area contributed by atoms with Gasteiger partial charge in [-0.2, -0.15) is 0 Å². The normalized spacial score (nSPS) is 18.2. The summed E-state index contributed by atoms with van der Waals surface area (Å²) in [4.78, 5) is 31.7. The van der Waals surface area contributed by atoms with Gasteiger partial charge in [0, 0.05) is 58.5 Å². The van der Waals surface area contributed by atoms with E-state index in [1.165, 1.54) is 32.1 Å². The molecule has 33 heavy (non-hydrogen) atoms. The van der Waals surface area contributed by atoms with Gasteiger partial charge in [0.15, 0.2) is 0 Å². The van der Waals surface area contributed by atoms with Gasteiger partial charge in [-0.05, 0) is 37.5 Å². The highest BCUT2D eigenvalue weighted by molar-refractivity contribution is 7.89. The molecule has 9 nitrogen and oxygen atoms in total. The number of nitrogens with one attached hydrogen (secondary N) is 1. The lowest BCUT2D eigenvalue weighted by molar-refractivity contribution is -0.132. The molecule has 1 N–H and O–H groups in total. The molecule has 2 heterocycles. The fraction of sp³-hybridized carbons (Fsp3) is 0.652. The average Bonchev–Trinajstić information content (AvgIpc) is 3.09. The monoisotopic (exact) mass is 480 g/mol. The molecule has 2 saturated heterocycles. The lowest BCUT2D eigenvalue weighted by Gasteiger charge is -2.35. The maximum atomic E-state index is 13.2. The van der Waals surface area contributed by atoms with Gasteiger partial charge in [0.1, 0.15) is 0 Å². The molecule has 2 aliphatic rings. The number of carbonyl (C=O) groups excluding carboxylic acids is 2. The molecule has 3 rings (SSSR count). The summed E-state index contributed by atoms with van der Waals surface area (Å²) < 4.78 is 32.4. The molecular weight excluding hydrogens is 444 g/mol. The summed E-state index contributed by atoms with van der Waals surface area (Å²) in [6.07, 6.45) is 4.53. The number of sulfonamides is 1. The Bertz CT molecular complexity index is 921. The van der Waals surface area contributed by atoms with E-state index >= 15 is 0 Å². The molecule has 0 aliphatic carbocycles. The minimum Gasteiger partial charge on any atom is -0.383 e. The van der Waals surface area contributed by atoms with Gasteiger partial charge in [0.2, 0.25) is 15.9 Å². The van der Waals surface area contributed by atoms with Crippen LogP contribution >= 0.6 is 0 Å². The van der Waals surface area contributed by atoms with Crippen LogP contribution in [0.5, 0.6) is 0 Å². The average molecular weight is 481 g/mol. The predicted molar refractivity (Wildman–Crippen MR) is 126 cm³/mol. The predicted octanol–water partition coefficient (Wildman–Crippen LogP) is 1.08. The van der Waals surface area contributed by atoms with E-state index < -0.39 is 10.0 Å². The third-order valence-electron chi connectivity index (χ3n) is 6.33. The van der Waals surface area contributed by atoms with E-state index in [9.17, 15) is 18.0 Å². The van der Waals surface area contributed by atoms with Crippen LogP contribution in [0.25, 0.3) is 0 Å². The van der Waals surface area contributed by atoms with E-state index in [0.717, 1.165) is 31.5 Å². The van der Waals surface area contributed by atoms with Gasteiger partial charge < -0.3 is 14.5 Å². The number of carbonyl (C=O) groups is 2. The van der Waals surface area contributed by atoms with Gasteiger partial charge in [0.05, 0.1) is 18.0 Å². The molecule has 0 radical (unpaired) electrons. The lowest BCUT2D eigenvalue weighted by Crippen LogP contribution is -2.51. The number of rotatable bonds is 8. The van der Waals surface area contributed by atoms with Crippen molar-refractivity contribution in [3.8, 4) is 0 Å². The topological polar surface area (TPSA) is 99.3 Å². The van der Waals surface area contributed by atoms with Crippen LogP contribution in [0.15, 0.2) is 23.1 Å². The summed E-state index contributed by atoms with van der Waals surface area (Å²) in [5.74, 6) is -0.00802. The Morgan fingerprint density at radius 1 is 0.970 bits per heavy atom. The van der Waals surface area contributed by atoms with Crippen LogP contribution in [-0.2, 0) is 19.6 Å². The standard InChI is InChI=1S/C23H36N4O5S/c1-19-7-8-20(33(30,31)24-9-16-32-2)17-21(19)23(29)27-14-12-25(13-15-27)18-22(28)26-10-5-3-4-6-11-26/h7-8,17,24H,3-6,9-16,18H2,1-2H3. The quantitative estimate of drug-likeness (QED) is 0.559. The molecule has 184 valence electrons. The molecule has 2 aliphatic heterocycles. The second-order valence-corrected chi connectivity index (χ2v) is 10.5. The summed E-state index contributed by atoms with van der Waals surface area (Å²) >= 11 is 0. The number of amides is 2. The van der Waals surface area contributed by atoms with Crippen LogP contribution < -0.4 is 4.72 Å². The fourth-order valence-corrected chi connectivity index (χ4v) is 5.29. The molecule has 10 heteroatoms. The summed E-state index contributed by atoms with van der Waals surface area (Å²) in [7, 11) is -2.22. The molecule has 1 aromatic rings. The van der Waals surface area contributed by atoms with Crippen molar-refractivity contribution < 1.29 is 22.7 Å². The zero-order chi connectivity index (χ0) is 23.8. The van der Waals surface area contributed by atoms with Crippen molar-refractivity contribution in [2.24, 2.45) is 0 Å². The minimum absolute atomic E-state index is 0.0641. The van der Waals surface area contributed by atoms with Crippen LogP contribution in [0, 0.1) is 6.92 Å². The molecule has 0 atom stereocenters. The Labute approximate surface area is 197 Å². The Balaban J connectivity index is 1.58. The molecule has 2 amide bonds. The number of benzene rings is 1. The minimum atomic E-state index is -3.72. The molecular formula is C23H36N4O5S. The number of piperazine rings is 1. The fourth-order valence-electron chi connectivity index (χ4n) is 4.25. The molecule has 0 aromatic heterocycles. The van der Waals surface area contributed by atoms with E-state index in [0.29, 0.717) is 38.3 Å². The zero-order valence-corrected chi connectivity index (χ0v) is 20.5. The SMILES string of the molecule is COCCNS(=O)(=O)c1ccc(C)c(C(=O)N2CCN(CC(=O)N3CCCCCC3)CC2)c1. The van der Waals surface area contributed by atoms with Gasteiger partial charge in [-0.1, -0.05) is 18.9 Å².